The van der Waals surface area contributed by atoms with Crippen LogP contribution in [0.5, 0.6) is 0 Å². The Morgan fingerprint density at radius 1 is 1.33 bits per heavy atom. The highest BCUT2D eigenvalue weighted by Crippen LogP contribution is 2.41. The van der Waals surface area contributed by atoms with E-state index in [1.165, 1.54) is 24.8 Å². The molecule has 2 unspecified atom stereocenters. The van der Waals surface area contributed by atoms with Crippen molar-refractivity contribution >= 4 is 11.5 Å². The van der Waals surface area contributed by atoms with Crippen molar-refractivity contribution < 1.29 is 4.79 Å². The van der Waals surface area contributed by atoms with Crippen LogP contribution in [-0.4, -0.2) is 35.5 Å². The molecule has 3 nitrogen and oxygen atoms in total. The predicted molar refractivity (Wildman–Crippen MR) is 70.5 cm³/mol. The van der Waals surface area contributed by atoms with Crippen LogP contribution in [0, 0.1) is 5.92 Å². The number of aliphatic imine (C=N–C) groups is 1. The van der Waals surface area contributed by atoms with Crippen molar-refractivity contribution in [1.82, 2.24) is 4.90 Å². The molecule has 4 aliphatic rings. The SMILES string of the molecule is O=C1CN2CCCCC2C2C1=NC1=C2CCC=C1. The molecule has 0 aromatic carbocycles. The van der Waals surface area contributed by atoms with E-state index in [0.29, 0.717) is 18.5 Å². The van der Waals surface area contributed by atoms with E-state index in [-0.39, 0.29) is 5.78 Å². The first-order valence-electron chi connectivity index (χ1n) is 7.10. The monoisotopic (exact) mass is 242 g/mol. The highest BCUT2D eigenvalue weighted by Gasteiger charge is 2.45. The molecule has 0 amide bonds. The molecule has 94 valence electrons. The Labute approximate surface area is 107 Å². The average Bonchev–Trinajstić information content (AvgIpc) is 2.79. The number of Topliss-reactive ketones (excluding diaryl/α,β-unsaturated/α-hetero) is 1. The minimum atomic E-state index is 0.265. The zero-order valence-electron chi connectivity index (χ0n) is 10.6. The molecule has 0 bridgehead atoms. The maximum absolute atomic E-state index is 12.3. The first kappa shape index (κ1) is 10.7. The Hall–Kier alpha value is -1.22. The number of allylic oxidation sites excluding steroid dienone is 2. The summed E-state index contributed by atoms with van der Waals surface area (Å²) in [6.07, 6.45) is 10.3. The van der Waals surface area contributed by atoms with Gasteiger partial charge >= 0.3 is 0 Å². The molecule has 0 radical (unpaired) electrons. The molecule has 0 saturated carbocycles. The molecular formula is C15H18N2O. The summed E-state index contributed by atoms with van der Waals surface area (Å²) < 4.78 is 0. The number of hydrogen-bond acceptors (Lipinski definition) is 3. The maximum atomic E-state index is 12.3. The van der Waals surface area contributed by atoms with Crippen molar-refractivity contribution in [2.75, 3.05) is 13.1 Å². The summed E-state index contributed by atoms with van der Waals surface area (Å²) >= 11 is 0. The molecule has 3 aliphatic heterocycles. The predicted octanol–water partition coefficient (Wildman–Crippen LogP) is 2.10. The normalized spacial score (nSPS) is 35.1. The van der Waals surface area contributed by atoms with Gasteiger partial charge in [0.25, 0.3) is 0 Å². The Morgan fingerprint density at radius 3 is 3.22 bits per heavy atom. The topological polar surface area (TPSA) is 32.7 Å². The zero-order valence-corrected chi connectivity index (χ0v) is 10.6. The van der Waals surface area contributed by atoms with Gasteiger partial charge in [-0.2, -0.15) is 0 Å². The van der Waals surface area contributed by atoms with Crippen molar-refractivity contribution in [2.45, 2.75) is 38.1 Å². The fourth-order valence-corrected chi connectivity index (χ4v) is 3.96. The minimum Gasteiger partial charge on any atom is -0.292 e. The summed E-state index contributed by atoms with van der Waals surface area (Å²) in [5.41, 5.74) is 3.41. The summed E-state index contributed by atoms with van der Waals surface area (Å²) in [6, 6.07) is 0.550. The van der Waals surface area contributed by atoms with Gasteiger partial charge in [0.2, 0.25) is 0 Å². The summed E-state index contributed by atoms with van der Waals surface area (Å²) in [7, 11) is 0. The van der Waals surface area contributed by atoms with E-state index in [0.717, 1.165) is 30.8 Å². The molecular weight excluding hydrogens is 224 g/mol. The number of carbonyl (C=O) groups is 1. The number of hydrogen-bond donors (Lipinski definition) is 0. The summed E-state index contributed by atoms with van der Waals surface area (Å²) in [6.45, 7) is 1.70. The molecule has 0 aromatic heterocycles. The fraction of sp³-hybridized carbons (Fsp3) is 0.600. The van der Waals surface area contributed by atoms with Crippen molar-refractivity contribution in [3.8, 4) is 0 Å². The molecule has 2 fully saturated rings. The van der Waals surface area contributed by atoms with Crippen molar-refractivity contribution in [1.29, 1.82) is 0 Å². The fourth-order valence-electron chi connectivity index (χ4n) is 3.96. The van der Waals surface area contributed by atoms with Gasteiger partial charge < -0.3 is 0 Å². The summed E-state index contributed by atoms with van der Waals surface area (Å²) in [5, 5.41) is 0. The van der Waals surface area contributed by atoms with Crippen LogP contribution in [0.3, 0.4) is 0 Å². The summed E-state index contributed by atoms with van der Waals surface area (Å²) in [4.78, 5) is 19.3. The molecule has 1 aliphatic carbocycles. The van der Waals surface area contributed by atoms with Crippen LogP contribution in [0.2, 0.25) is 0 Å². The third-order valence-electron chi connectivity index (χ3n) is 4.78. The second-order valence-corrected chi connectivity index (χ2v) is 5.78. The van der Waals surface area contributed by atoms with E-state index < -0.39 is 0 Å². The van der Waals surface area contributed by atoms with Crippen molar-refractivity contribution in [3.63, 3.8) is 0 Å². The lowest BCUT2D eigenvalue weighted by Crippen LogP contribution is -2.55. The Morgan fingerprint density at radius 2 is 2.28 bits per heavy atom. The highest BCUT2D eigenvalue weighted by molar-refractivity contribution is 6.43. The van der Waals surface area contributed by atoms with E-state index >= 15 is 0 Å². The number of fused-ring (bicyclic) bond motifs is 4. The molecule has 18 heavy (non-hydrogen) atoms. The van der Waals surface area contributed by atoms with Crippen molar-refractivity contribution in [2.24, 2.45) is 10.9 Å². The van der Waals surface area contributed by atoms with Gasteiger partial charge in [0, 0.05) is 12.0 Å². The average molecular weight is 242 g/mol. The van der Waals surface area contributed by atoms with Crippen LogP contribution in [-0.2, 0) is 4.79 Å². The van der Waals surface area contributed by atoms with Gasteiger partial charge in [-0.25, -0.2) is 4.99 Å². The van der Waals surface area contributed by atoms with Gasteiger partial charge in [-0.05, 0) is 43.9 Å². The van der Waals surface area contributed by atoms with E-state index in [9.17, 15) is 4.79 Å². The Kier molecular flexibility index (Phi) is 2.31. The molecule has 3 heteroatoms. The van der Waals surface area contributed by atoms with E-state index in [1.807, 2.05) is 0 Å². The molecule has 2 saturated heterocycles. The molecule has 2 atom stereocenters. The molecule has 0 aromatic rings. The maximum Gasteiger partial charge on any atom is 0.191 e. The largest absolute Gasteiger partial charge is 0.292 e. The zero-order chi connectivity index (χ0) is 12.1. The van der Waals surface area contributed by atoms with Gasteiger partial charge in [0.05, 0.1) is 18.0 Å². The van der Waals surface area contributed by atoms with E-state index in [2.05, 4.69) is 22.0 Å². The van der Waals surface area contributed by atoms with Gasteiger partial charge in [-0.15, -0.1) is 0 Å². The van der Waals surface area contributed by atoms with Crippen molar-refractivity contribution in [3.05, 3.63) is 23.4 Å². The number of nitrogens with zero attached hydrogens (tertiary/aromatic N) is 2. The van der Waals surface area contributed by atoms with Crippen LogP contribution < -0.4 is 0 Å². The second kappa shape index (κ2) is 3.89. The minimum absolute atomic E-state index is 0.265. The first-order chi connectivity index (χ1) is 8.84. The van der Waals surface area contributed by atoms with Crippen LogP contribution >= 0.6 is 0 Å². The van der Waals surface area contributed by atoms with E-state index in [4.69, 9.17) is 0 Å². The Bertz CT molecular complexity index is 501. The number of piperidine rings is 2. The van der Waals surface area contributed by atoms with Gasteiger partial charge in [-0.3, -0.25) is 9.69 Å². The van der Waals surface area contributed by atoms with E-state index in [1.54, 1.807) is 0 Å². The molecule has 0 N–H and O–H groups in total. The molecule has 3 heterocycles. The number of carbonyl (C=O) groups excluding carboxylic acids is 1. The third-order valence-corrected chi connectivity index (χ3v) is 4.78. The second-order valence-electron chi connectivity index (χ2n) is 5.78. The van der Waals surface area contributed by atoms with Crippen LogP contribution in [0.4, 0.5) is 0 Å². The molecule has 0 spiro atoms. The number of rotatable bonds is 0. The Balaban J connectivity index is 1.77. The van der Waals surface area contributed by atoms with Gasteiger partial charge in [0.15, 0.2) is 5.78 Å². The third kappa shape index (κ3) is 1.40. The number of ketones is 1. The quantitative estimate of drug-likeness (QED) is 0.651. The van der Waals surface area contributed by atoms with Crippen LogP contribution in [0.15, 0.2) is 28.4 Å². The van der Waals surface area contributed by atoms with Crippen LogP contribution in [0.25, 0.3) is 0 Å². The standard InChI is InChI=1S/C15H18N2O/c18-13-9-17-8-4-3-7-12(17)14-10-5-1-2-6-11(10)16-15(13)14/h2,6,12,14H,1,3-5,7-9H2. The van der Waals surface area contributed by atoms with Crippen LogP contribution in [0.1, 0.15) is 32.1 Å². The lowest BCUT2D eigenvalue weighted by Gasteiger charge is -2.43. The smallest absolute Gasteiger partial charge is 0.191 e. The summed E-state index contributed by atoms with van der Waals surface area (Å²) in [5.74, 6) is 0.590. The van der Waals surface area contributed by atoms with Gasteiger partial charge in [-0.1, -0.05) is 12.5 Å². The molecule has 4 rings (SSSR count). The highest BCUT2D eigenvalue weighted by atomic mass is 16.1. The lowest BCUT2D eigenvalue weighted by molar-refractivity contribution is -0.116. The lowest BCUT2D eigenvalue weighted by atomic mass is 9.76. The van der Waals surface area contributed by atoms with Gasteiger partial charge in [0.1, 0.15) is 0 Å². The first-order valence-corrected chi connectivity index (χ1v) is 7.10.